The Morgan fingerprint density at radius 1 is 1.14 bits per heavy atom. The van der Waals surface area contributed by atoms with Gasteiger partial charge in [-0.25, -0.2) is 4.98 Å². The van der Waals surface area contributed by atoms with Crippen LogP contribution in [-0.4, -0.2) is 37.1 Å². The fraction of sp³-hybridized carbons (Fsp3) is 0.250. The van der Waals surface area contributed by atoms with Gasteiger partial charge < -0.3 is 16.0 Å². The fourth-order valence-electron chi connectivity index (χ4n) is 2.55. The minimum atomic E-state index is -0.482. The maximum atomic E-state index is 11.7. The van der Waals surface area contributed by atoms with Crippen LogP contribution >= 0.6 is 11.6 Å². The van der Waals surface area contributed by atoms with Crippen molar-refractivity contribution in [2.75, 3.05) is 31.1 Å². The Labute approximate surface area is 134 Å². The first-order chi connectivity index (χ1) is 10.6. The topological polar surface area (TPSA) is 71.2 Å². The average Bonchev–Trinajstić information content (AvgIpc) is 2.56. The molecule has 1 aromatic carbocycles. The number of anilines is 1. The summed E-state index contributed by atoms with van der Waals surface area (Å²) in [4.78, 5) is 18.5. The second-order valence-corrected chi connectivity index (χ2v) is 5.61. The number of benzene rings is 1. The van der Waals surface area contributed by atoms with Crippen molar-refractivity contribution >= 4 is 23.3 Å². The summed E-state index contributed by atoms with van der Waals surface area (Å²) in [7, 11) is 0. The largest absolute Gasteiger partial charge is 0.366 e. The molecule has 1 aliphatic heterocycles. The smallest absolute Gasteiger partial charge is 0.250 e. The molecule has 1 fully saturated rings. The summed E-state index contributed by atoms with van der Waals surface area (Å²) in [6.45, 7) is 3.64. The van der Waals surface area contributed by atoms with E-state index in [0.717, 1.165) is 37.6 Å². The van der Waals surface area contributed by atoms with Gasteiger partial charge in [0.25, 0.3) is 5.91 Å². The van der Waals surface area contributed by atoms with Gasteiger partial charge in [-0.2, -0.15) is 0 Å². The highest BCUT2D eigenvalue weighted by Gasteiger charge is 2.17. The molecule has 3 N–H and O–H groups in total. The first-order valence-corrected chi connectivity index (χ1v) is 7.55. The van der Waals surface area contributed by atoms with Crippen molar-refractivity contribution in [3.05, 3.63) is 47.0 Å². The minimum absolute atomic E-state index is 0.418. The van der Waals surface area contributed by atoms with E-state index >= 15 is 0 Å². The number of carbonyl (C=O) groups excluding carboxylic acids is 1. The molecule has 114 valence electrons. The van der Waals surface area contributed by atoms with Crippen LogP contribution in [0.1, 0.15) is 10.4 Å². The van der Waals surface area contributed by atoms with Crippen molar-refractivity contribution in [3.63, 3.8) is 0 Å². The van der Waals surface area contributed by atoms with Gasteiger partial charge in [-0.15, -0.1) is 0 Å². The second kappa shape index (κ2) is 6.34. The lowest BCUT2D eigenvalue weighted by Crippen LogP contribution is -2.44. The van der Waals surface area contributed by atoms with Crippen LogP contribution < -0.4 is 16.0 Å². The molecule has 5 nitrogen and oxygen atoms in total. The van der Waals surface area contributed by atoms with Gasteiger partial charge in [0.15, 0.2) is 0 Å². The highest BCUT2D eigenvalue weighted by Crippen LogP contribution is 2.26. The predicted molar refractivity (Wildman–Crippen MR) is 88.3 cm³/mol. The molecule has 6 heteroatoms. The number of amides is 1. The lowest BCUT2D eigenvalue weighted by molar-refractivity contribution is 0.100. The third-order valence-electron chi connectivity index (χ3n) is 3.70. The molecule has 2 aromatic rings. The first-order valence-electron chi connectivity index (χ1n) is 7.17. The number of aromatic nitrogens is 1. The normalized spacial score (nSPS) is 14.9. The fourth-order valence-corrected chi connectivity index (χ4v) is 2.67. The van der Waals surface area contributed by atoms with Gasteiger partial charge in [-0.1, -0.05) is 23.7 Å². The van der Waals surface area contributed by atoms with E-state index in [-0.39, 0.29) is 0 Å². The monoisotopic (exact) mass is 316 g/mol. The molecular formula is C16H17ClN4O. The minimum Gasteiger partial charge on any atom is -0.366 e. The summed E-state index contributed by atoms with van der Waals surface area (Å²) < 4.78 is 0. The lowest BCUT2D eigenvalue weighted by Gasteiger charge is -2.29. The Balaban J connectivity index is 2.04. The number of nitrogens with two attached hydrogens (primary N) is 1. The zero-order chi connectivity index (χ0) is 15.5. The van der Waals surface area contributed by atoms with Gasteiger partial charge in [0.2, 0.25) is 0 Å². The molecule has 1 saturated heterocycles. The van der Waals surface area contributed by atoms with Crippen LogP contribution in [0.5, 0.6) is 0 Å². The molecule has 0 aliphatic carbocycles. The van der Waals surface area contributed by atoms with Crippen LogP contribution in [-0.2, 0) is 0 Å². The number of carbonyl (C=O) groups is 1. The quantitative estimate of drug-likeness (QED) is 0.907. The van der Waals surface area contributed by atoms with E-state index in [1.165, 1.54) is 0 Å². The molecule has 2 heterocycles. The second-order valence-electron chi connectivity index (χ2n) is 5.17. The van der Waals surface area contributed by atoms with E-state index in [1.807, 2.05) is 18.2 Å². The van der Waals surface area contributed by atoms with E-state index in [4.69, 9.17) is 17.3 Å². The number of piperazine rings is 1. The SMILES string of the molecule is NC(=O)c1ccc(N2CCNCC2)nc1-c1ccc(Cl)cc1. The molecule has 0 saturated carbocycles. The average molecular weight is 317 g/mol. The zero-order valence-corrected chi connectivity index (χ0v) is 12.8. The van der Waals surface area contributed by atoms with Gasteiger partial charge in [-0.05, 0) is 24.3 Å². The molecule has 0 unspecified atom stereocenters. The Kier molecular flexibility index (Phi) is 4.27. The Hall–Kier alpha value is -2.11. The van der Waals surface area contributed by atoms with Gasteiger partial charge in [-0.3, -0.25) is 4.79 Å². The van der Waals surface area contributed by atoms with Crippen LogP contribution in [0.2, 0.25) is 5.02 Å². The molecular weight excluding hydrogens is 300 g/mol. The van der Waals surface area contributed by atoms with Crippen molar-refractivity contribution in [2.24, 2.45) is 5.73 Å². The number of rotatable bonds is 3. The molecule has 1 amide bonds. The number of nitrogens with one attached hydrogen (secondary N) is 1. The summed E-state index contributed by atoms with van der Waals surface area (Å²) in [6.07, 6.45) is 0. The van der Waals surface area contributed by atoms with Crippen LogP contribution in [0.15, 0.2) is 36.4 Å². The summed E-state index contributed by atoms with van der Waals surface area (Å²) >= 11 is 5.93. The van der Waals surface area contributed by atoms with Crippen molar-refractivity contribution in [1.29, 1.82) is 0 Å². The van der Waals surface area contributed by atoms with E-state index in [0.29, 0.717) is 16.3 Å². The van der Waals surface area contributed by atoms with E-state index in [9.17, 15) is 4.79 Å². The first kappa shape index (κ1) is 14.8. The maximum Gasteiger partial charge on any atom is 0.250 e. The van der Waals surface area contributed by atoms with Crippen LogP contribution in [0, 0.1) is 0 Å². The molecule has 0 bridgehead atoms. The third-order valence-corrected chi connectivity index (χ3v) is 3.96. The highest BCUT2D eigenvalue weighted by atomic mass is 35.5. The zero-order valence-electron chi connectivity index (χ0n) is 12.1. The van der Waals surface area contributed by atoms with Gasteiger partial charge in [0.1, 0.15) is 5.82 Å². The molecule has 3 rings (SSSR count). The standard InChI is InChI=1S/C16H17ClN4O/c17-12-3-1-11(2-4-12)15-13(16(18)22)5-6-14(20-15)21-9-7-19-8-10-21/h1-6,19H,7-10H2,(H2,18,22). The van der Waals surface area contributed by atoms with Crippen molar-refractivity contribution in [2.45, 2.75) is 0 Å². The molecule has 0 atom stereocenters. The summed E-state index contributed by atoms with van der Waals surface area (Å²) in [5.74, 6) is 0.376. The van der Waals surface area contributed by atoms with Crippen LogP contribution in [0.25, 0.3) is 11.3 Å². The number of nitrogens with zero attached hydrogens (tertiary/aromatic N) is 2. The number of pyridine rings is 1. The van der Waals surface area contributed by atoms with Crippen LogP contribution in [0.3, 0.4) is 0 Å². The number of hydrogen-bond donors (Lipinski definition) is 2. The molecule has 1 aliphatic rings. The molecule has 1 aromatic heterocycles. The van der Waals surface area contributed by atoms with Gasteiger partial charge in [0.05, 0.1) is 11.3 Å². The molecule has 0 spiro atoms. The Morgan fingerprint density at radius 3 is 2.45 bits per heavy atom. The van der Waals surface area contributed by atoms with E-state index in [1.54, 1.807) is 18.2 Å². The molecule has 0 radical (unpaired) electrons. The maximum absolute atomic E-state index is 11.7. The Bertz CT molecular complexity index is 681. The van der Waals surface area contributed by atoms with Gasteiger partial charge >= 0.3 is 0 Å². The van der Waals surface area contributed by atoms with Gasteiger partial charge in [0, 0.05) is 36.8 Å². The lowest BCUT2D eigenvalue weighted by atomic mass is 10.1. The van der Waals surface area contributed by atoms with Crippen molar-refractivity contribution < 1.29 is 4.79 Å². The summed E-state index contributed by atoms with van der Waals surface area (Å²) in [6, 6.07) is 10.8. The Morgan fingerprint density at radius 2 is 1.82 bits per heavy atom. The molecule has 22 heavy (non-hydrogen) atoms. The summed E-state index contributed by atoms with van der Waals surface area (Å²) in [5.41, 5.74) is 7.33. The number of hydrogen-bond acceptors (Lipinski definition) is 4. The van der Waals surface area contributed by atoms with Crippen molar-refractivity contribution in [3.8, 4) is 11.3 Å². The van der Waals surface area contributed by atoms with Crippen LogP contribution in [0.4, 0.5) is 5.82 Å². The van der Waals surface area contributed by atoms with E-state index in [2.05, 4.69) is 15.2 Å². The number of halogens is 1. The highest BCUT2D eigenvalue weighted by molar-refractivity contribution is 6.30. The van der Waals surface area contributed by atoms with Crippen molar-refractivity contribution in [1.82, 2.24) is 10.3 Å². The van der Waals surface area contributed by atoms with E-state index < -0.39 is 5.91 Å². The number of primary amides is 1. The third kappa shape index (κ3) is 3.05. The predicted octanol–water partition coefficient (Wildman–Crippen LogP) is 1.91. The summed E-state index contributed by atoms with van der Waals surface area (Å²) in [5, 5.41) is 3.95.